The van der Waals surface area contributed by atoms with E-state index in [9.17, 15) is 0 Å². The normalized spacial score (nSPS) is 10.7. The molecule has 0 amide bonds. The van der Waals surface area contributed by atoms with E-state index in [0.717, 1.165) is 0 Å². The second kappa shape index (κ2) is 3.22. The molecular weight excluding hydrogens is 147 g/mol. The van der Waals surface area contributed by atoms with Crippen molar-refractivity contribution >= 4 is 18.8 Å². The summed E-state index contributed by atoms with van der Waals surface area (Å²) in [5, 5.41) is 20.6. The quantitative estimate of drug-likeness (QED) is 0.204. The fourth-order valence-corrected chi connectivity index (χ4v) is 0.712. The molecule has 0 aliphatic carbocycles. The van der Waals surface area contributed by atoms with Crippen molar-refractivity contribution in [3.8, 4) is 0 Å². The van der Waals surface area contributed by atoms with Gasteiger partial charge in [-0.05, 0) is 0 Å². The maximum absolute atomic E-state index is 8.71. The van der Waals surface area contributed by atoms with E-state index in [1.807, 2.05) is 0 Å². The highest BCUT2D eigenvalue weighted by Crippen LogP contribution is 1.93. The van der Waals surface area contributed by atoms with Crippen LogP contribution < -0.4 is 11.3 Å². The van der Waals surface area contributed by atoms with Gasteiger partial charge in [-0.15, -0.1) is 0 Å². The van der Waals surface area contributed by atoms with Crippen LogP contribution in [0, 0.1) is 0 Å². The first-order chi connectivity index (χ1) is 5.25. The fourth-order valence-electron chi connectivity index (χ4n) is 0.712. The molecule has 0 bridgehead atoms. The first kappa shape index (κ1) is 7.84. The van der Waals surface area contributed by atoms with Crippen LogP contribution in [0.15, 0.2) is 22.0 Å². The van der Waals surface area contributed by atoms with Crippen molar-refractivity contribution < 1.29 is 14.5 Å². The first-order valence-electron chi connectivity index (χ1n) is 2.91. The van der Waals surface area contributed by atoms with E-state index >= 15 is 0 Å². The number of nitrogens with two attached hydrogens (primary N) is 1. The molecule has 1 aromatic heterocycles. The summed E-state index contributed by atoms with van der Waals surface area (Å²) in [6.45, 7) is 0. The van der Waals surface area contributed by atoms with Crippen LogP contribution in [0.25, 0.3) is 0 Å². The molecule has 0 aromatic carbocycles. The second-order valence-electron chi connectivity index (χ2n) is 1.93. The number of hydrazone groups is 1. The SMILES string of the molecule is NN=Cc1cocc1B(O)O. The summed E-state index contributed by atoms with van der Waals surface area (Å²) in [5.74, 6) is 4.85. The molecule has 1 heterocycles. The summed E-state index contributed by atoms with van der Waals surface area (Å²) in [6, 6.07) is 0. The van der Waals surface area contributed by atoms with Crippen molar-refractivity contribution in [3.05, 3.63) is 18.1 Å². The number of hydrogen-bond donors (Lipinski definition) is 3. The number of rotatable bonds is 2. The summed E-state index contributed by atoms with van der Waals surface area (Å²) in [5.41, 5.74) is 0.710. The summed E-state index contributed by atoms with van der Waals surface area (Å²) in [7, 11) is -1.55. The van der Waals surface area contributed by atoms with Crippen molar-refractivity contribution in [1.82, 2.24) is 0 Å². The van der Waals surface area contributed by atoms with Gasteiger partial charge in [-0.25, -0.2) is 0 Å². The Morgan fingerprint density at radius 3 is 2.82 bits per heavy atom. The molecular formula is C5H7BN2O3. The largest absolute Gasteiger partial charge is 0.492 e. The van der Waals surface area contributed by atoms with Crippen LogP contribution in [-0.2, 0) is 0 Å². The molecule has 0 aliphatic heterocycles. The average Bonchev–Trinajstić information content (AvgIpc) is 2.36. The summed E-state index contributed by atoms with van der Waals surface area (Å²) >= 11 is 0. The van der Waals surface area contributed by atoms with Crippen molar-refractivity contribution in [1.29, 1.82) is 0 Å². The summed E-state index contributed by atoms with van der Waals surface area (Å²) < 4.78 is 4.69. The Morgan fingerprint density at radius 2 is 2.27 bits per heavy atom. The minimum absolute atomic E-state index is 0.249. The van der Waals surface area contributed by atoms with Gasteiger partial charge in [-0.1, -0.05) is 0 Å². The van der Waals surface area contributed by atoms with E-state index in [2.05, 4.69) is 5.10 Å². The summed E-state index contributed by atoms with van der Waals surface area (Å²) in [6.07, 6.45) is 3.82. The van der Waals surface area contributed by atoms with Crippen molar-refractivity contribution in [2.24, 2.45) is 10.9 Å². The third-order valence-corrected chi connectivity index (χ3v) is 1.22. The Labute approximate surface area is 63.3 Å². The van der Waals surface area contributed by atoms with Crippen LogP contribution in [0.4, 0.5) is 0 Å². The molecule has 1 rings (SSSR count). The molecule has 0 saturated heterocycles. The molecule has 0 atom stereocenters. The van der Waals surface area contributed by atoms with Crippen LogP contribution in [0.1, 0.15) is 5.56 Å². The molecule has 5 nitrogen and oxygen atoms in total. The van der Waals surface area contributed by atoms with Gasteiger partial charge in [0.05, 0.1) is 18.7 Å². The third-order valence-electron chi connectivity index (χ3n) is 1.22. The number of furan rings is 1. The van der Waals surface area contributed by atoms with Crippen LogP contribution in [-0.4, -0.2) is 23.4 Å². The lowest BCUT2D eigenvalue weighted by molar-refractivity contribution is 0.425. The number of nitrogens with zero attached hydrogens (tertiary/aromatic N) is 1. The van der Waals surface area contributed by atoms with Gasteiger partial charge < -0.3 is 20.3 Å². The third kappa shape index (κ3) is 1.60. The molecule has 0 radical (unpaired) electrons. The van der Waals surface area contributed by atoms with Gasteiger partial charge in [0.15, 0.2) is 0 Å². The Hall–Kier alpha value is -1.27. The van der Waals surface area contributed by atoms with Crippen LogP contribution in [0.2, 0.25) is 0 Å². The van der Waals surface area contributed by atoms with Crippen LogP contribution >= 0.6 is 0 Å². The predicted octanol–water partition coefficient (Wildman–Crippen LogP) is -1.75. The molecule has 1 aromatic rings. The van der Waals surface area contributed by atoms with E-state index in [0.29, 0.717) is 5.56 Å². The lowest BCUT2D eigenvalue weighted by atomic mass is 9.80. The molecule has 6 heteroatoms. The van der Waals surface area contributed by atoms with Crippen molar-refractivity contribution in [3.63, 3.8) is 0 Å². The summed E-state index contributed by atoms with van der Waals surface area (Å²) in [4.78, 5) is 0. The van der Waals surface area contributed by atoms with E-state index in [4.69, 9.17) is 20.3 Å². The smallest absolute Gasteiger partial charge is 0.472 e. The predicted molar refractivity (Wildman–Crippen MR) is 40.3 cm³/mol. The first-order valence-corrected chi connectivity index (χ1v) is 2.91. The molecule has 4 N–H and O–H groups in total. The highest BCUT2D eigenvalue weighted by atomic mass is 16.4. The Kier molecular flexibility index (Phi) is 2.30. The minimum Gasteiger partial charge on any atom is -0.472 e. The zero-order chi connectivity index (χ0) is 8.27. The Morgan fingerprint density at radius 1 is 1.55 bits per heavy atom. The molecule has 0 unspecified atom stereocenters. The van der Waals surface area contributed by atoms with Gasteiger partial charge in [0, 0.05) is 11.0 Å². The average molecular weight is 154 g/mol. The van der Waals surface area contributed by atoms with Crippen LogP contribution in [0.3, 0.4) is 0 Å². The monoisotopic (exact) mass is 154 g/mol. The zero-order valence-corrected chi connectivity index (χ0v) is 5.64. The van der Waals surface area contributed by atoms with E-state index < -0.39 is 7.12 Å². The zero-order valence-electron chi connectivity index (χ0n) is 5.64. The van der Waals surface area contributed by atoms with E-state index in [1.165, 1.54) is 18.7 Å². The maximum atomic E-state index is 8.71. The van der Waals surface area contributed by atoms with Gasteiger partial charge in [-0.3, -0.25) is 0 Å². The molecule has 0 fully saturated rings. The fraction of sp³-hybridized carbons (Fsp3) is 0. The highest BCUT2D eigenvalue weighted by molar-refractivity contribution is 6.60. The van der Waals surface area contributed by atoms with Gasteiger partial charge in [-0.2, -0.15) is 5.10 Å². The van der Waals surface area contributed by atoms with Crippen LogP contribution in [0.5, 0.6) is 0 Å². The van der Waals surface area contributed by atoms with Gasteiger partial charge in [0.1, 0.15) is 0 Å². The minimum atomic E-state index is -1.55. The van der Waals surface area contributed by atoms with Gasteiger partial charge in [0.25, 0.3) is 0 Å². The van der Waals surface area contributed by atoms with Gasteiger partial charge in [0.2, 0.25) is 0 Å². The van der Waals surface area contributed by atoms with E-state index in [1.54, 1.807) is 0 Å². The standard InChI is InChI=1S/C5H7BN2O3/c7-8-1-4-2-11-3-5(4)6(9)10/h1-3,9-10H,7H2. The Bertz CT molecular complexity index is 258. The van der Waals surface area contributed by atoms with Crippen molar-refractivity contribution in [2.45, 2.75) is 0 Å². The topological polar surface area (TPSA) is 92.0 Å². The molecule has 0 aliphatic rings. The van der Waals surface area contributed by atoms with Gasteiger partial charge >= 0.3 is 7.12 Å². The Balaban J connectivity index is 2.96. The molecule has 0 spiro atoms. The van der Waals surface area contributed by atoms with E-state index in [-0.39, 0.29) is 5.46 Å². The molecule has 11 heavy (non-hydrogen) atoms. The van der Waals surface area contributed by atoms with Crippen molar-refractivity contribution in [2.75, 3.05) is 0 Å². The second-order valence-corrected chi connectivity index (χ2v) is 1.93. The lowest BCUT2D eigenvalue weighted by Gasteiger charge is -1.92. The maximum Gasteiger partial charge on any atom is 0.492 e. The lowest BCUT2D eigenvalue weighted by Crippen LogP contribution is -2.31. The highest BCUT2D eigenvalue weighted by Gasteiger charge is 2.16. The number of hydrogen-bond acceptors (Lipinski definition) is 5. The molecule has 58 valence electrons. The molecule has 0 saturated carbocycles.